The number of nitrogens with one attached hydrogen (secondary N) is 1. The minimum Gasteiger partial charge on any atom is -0.414 e. The number of nitrogen functional groups attached to an aromatic ring is 1. The van der Waals surface area contributed by atoms with E-state index in [0.717, 1.165) is 30.6 Å². The van der Waals surface area contributed by atoms with E-state index in [-0.39, 0.29) is 14.6 Å². The Morgan fingerprint density at radius 2 is 1.94 bits per heavy atom. The normalized spacial score (nSPS) is 13.4. The molecule has 0 saturated heterocycles. The summed E-state index contributed by atoms with van der Waals surface area (Å²) in [6.07, 6.45) is 4.19. The van der Waals surface area contributed by atoms with E-state index in [9.17, 15) is 5.26 Å². The van der Waals surface area contributed by atoms with Gasteiger partial charge in [-0.15, -0.1) is 10.2 Å². The van der Waals surface area contributed by atoms with E-state index < -0.39 is 5.41 Å². The maximum absolute atomic E-state index is 9.43. The molecular weight excluding hydrogens is 416 g/mol. The molecule has 1 aromatic carbocycles. The zero-order chi connectivity index (χ0) is 23.0. The molecule has 9 heteroatoms. The van der Waals surface area contributed by atoms with Gasteiger partial charge < -0.3 is 15.5 Å². The van der Waals surface area contributed by atoms with Crippen LogP contribution in [0.2, 0.25) is 0 Å². The summed E-state index contributed by atoms with van der Waals surface area (Å²) in [5, 5.41) is 21.2. The third kappa shape index (κ3) is 3.92. The Labute approximate surface area is 193 Å². The Kier molecular flexibility index (Phi) is 5.07. The maximum Gasteiger partial charge on any atom is 0.270 e. The summed E-state index contributed by atoms with van der Waals surface area (Å²) in [7, 11) is 0. The predicted molar refractivity (Wildman–Crippen MR) is 127 cm³/mol. The molecule has 5 rings (SSSR count). The molecular formula is C24H26N8O. The molecule has 3 N–H and O–H groups in total. The van der Waals surface area contributed by atoms with E-state index in [2.05, 4.69) is 48.7 Å². The number of nitrogens with zero attached hydrogens (tertiary/aromatic N) is 6. The van der Waals surface area contributed by atoms with Gasteiger partial charge in [-0.3, -0.25) is 4.98 Å². The molecule has 0 fully saturated rings. The molecule has 0 aliphatic carbocycles. The Bertz CT molecular complexity index is 1400. The quantitative estimate of drug-likeness (QED) is 0.483. The molecule has 0 amide bonds. The SMILES string of the molecule is CC(C)(C#N)c1cc(-c2cnc(N)c(-c3nnc(-c4ccc5c(c4)CCNC5)o3)n2)ccn1.[HH].[HH]. The first-order valence-electron chi connectivity index (χ1n) is 10.6. The molecule has 3 aromatic heterocycles. The largest absolute Gasteiger partial charge is 0.414 e. The molecule has 168 valence electrons. The molecule has 0 bridgehead atoms. The van der Waals surface area contributed by atoms with Crippen LogP contribution >= 0.6 is 0 Å². The molecule has 0 spiro atoms. The zero-order valence-corrected chi connectivity index (χ0v) is 18.3. The van der Waals surface area contributed by atoms with E-state index in [1.807, 2.05) is 32.0 Å². The van der Waals surface area contributed by atoms with Crippen molar-refractivity contribution in [1.82, 2.24) is 30.5 Å². The highest BCUT2D eigenvalue weighted by Gasteiger charge is 2.23. The lowest BCUT2D eigenvalue weighted by Gasteiger charge is -2.17. The number of hydrogen-bond acceptors (Lipinski definition) is 9. The average Bonchev–Trinajstić information content (AvgIpc) is 3.34. The van der Waals surface area contributed by atoms with Gasteiger partial charge in [0.05, 0.1) is 29.1 Å². The summed E-state index contributed by atoms with van der Waals surface area (Å²) in [5.41, 5.74) is 11.1. The van der Waals surface area contributed by atoms with Crippen molar-refractivity contribution < 1.29 is 7.27 Å². The first kappa shape index (κ1) is 20.7. The van der Waals surface area contributed by atoms with Gasteiger partial charge in [0.15, 0.2) is 11.5 Å². The molecule has 4 heterocycles. The molecule has 4 aromatic rings. The highest BCUT2D eigenvalue weighted by molar-refractivity contribution is 5.69. The van der Waals surface area contributed by atoms with Crippen LogP contribution in [0.1, 0.15) is 33.5 Å². The molecule has 0 saturated carbocycles. The summed E-state index contributed by atoms with van der Waals surface area (Å²) >= 11 is 0. The van der Waals surface area contributed by atoms with E-state index in [4.69, 9.17) is 10.2 Å². The van der Waals surface area contributed by atoms with Gasteiger partial charge in [0.1, 0.15) is 0 Å². The fraction of sp³-hybridized carbons (Fsp3) is 0.250. The summed E-state index contributed by atoms with van der Waals surface area (Å²) in [5.74, 6) is 0.792. The molecule has 1 aliphatic rings. The fourth-order valence-electron chi connectivity index (χ4n) is 3.73. The number of anilines is 1. The number of fused-ring (bicyclic) bond motifs is 1. The number of nitrogens with two attached hydrogens (primary N) is 1. The summed E-state index contributed by atoms with van der Waals surface area (Å²) in [6, 6.07) is 12.1. The van der Waals surface area contributed by atoms with Crippen molar-refractivity contribution in [2.75, 3.05) is 12.3 Å². The van der Waals surface area contributed by atoms with Crippen LogP contribution in [-0.4, -0.2) is 31.7 Å². The van der Waals surface area contributed by atoms with Crippen molar-refractivity contribution in [2.24, 2.45) is 0 Å². The monoisotopic (exact) mass is 442 g/mol. The number of nitriles is 1. The van der Waals surface area contributed by atoms with Crippen LogP contribution in [0.4, 0.5) is 5.82 Å². The van der Waals surface area contributed by atoms with Crippen LogP contribution in [-0.2, 0) is 18.4 Å². The summed E-state index contributed by atoms with van der Waals surface area (Å²) in [6.45, 7) is 5.45. The third-order valence-corrected chi connectivity index (χ3v) is 5.74. The van der Waals surface area contributed by atoms with Gasteiger partial charge in [0, 0.05) is 26.7 Å². The third-order valence-electron chi connectivity index (χ3n) is 5.74. The second-order valence-electron chi connectivity index (χ2n) is 8.48. The van der Waals surface area contributed by atoms with Crippen molar-refractivity contribution in [3.05, 3.63) is 59.5 Å². The molecule has 9 nitrogen and oxygen atoms in total. The van der Waals surface area contributed by atoms with Crippen molar-refractivity contribution in [3.63, 3.8) is 0 Å². The van der Waals surface area contributed by atoms with Crippen LogP contribution < -0.4 is 11.1 Å². The minimum absolute atomic E-state index is 0. The van der Waals surface area contributed by atoms with Gasteiger partial charge in [-0.05, 0) is 62.2 Å². The lowest BCUT2D eigenvalue weighted by Crippen LogP contribution is -2.23. The molecule has 1 aliphatic heterocycles. The van der Waals surface area contributed by atoms with Crippen molar-refractivity contribution in [1.29, 1.82) is 5.26 Å². The Morgan fingerprint density at radius 3 is 2.79 bits per heavy atom. The van der Waals surface area contributed by atoms with E-state index in [1.54, 1.807) is 12.4 Å². The average molecular weight is 443 g/mol. The van der Waals surface area contributed by atoms with Gasteiger partial charge in [-0.2, -0.15) is 5.26 Å². The van der Waals surface area contributed by atoms with Crippen molar-refractivity contribution in [3.8, 4) is 40.4 Å². The van der Waals surface area contributed by atoms with Crippen LogP contribution in [0.5, 0.6) is 0 Å². The number of aromatic nitrogens is 5. The molecule has 33 heavy (non-hydrogen) atoms. The standard InChI is InChI=1S/C24H22N8O.2H2/c1-24(2,13-25)19-10-15(6-8-28-19)18-12-29-21(26)20(30-18)23-32-31-22(33-23)16-3-4-17-11-27-7-5-14(17)9-16;;/h3-4,6,8-10,12,27H,5,7,11H2,1-2H3,(H2,26,29);2*1H. The molecule has 0 unspecified atom stereocenters. The number of pyridine rings is 1. The van der Waals surface area contributed by atoms with E-state index in [0.29, 0.717) is 23.0 Å². The maximum atomic E-state index is 9.43. The second kappa shape index (κ2) is 8.07. The smallest absolute Gasteiger partial charge is 0.270 e. The van der Waals surface area contributed by atoms with Crippen LogP contribution in [0, 0.1) is 11.3 Å². The van der Waals surface area contributed by atoms with Gasteiger partial charge >= 0.3 is 0 Å². The Balaban J connectivity index is 0.00000171. The second-order valence-corrected chi connectivity index (χ2v) is 8.48. The van der Waals surface area contributed by atoms with Crippen LogP contribution in [0.15, 0.2) is 47.1 Å². The number of rotatable bonds is 4. The van der Waals surface area contributed by atoms with Gasteiger partial charge in [0.25, 0.3) is 5.89 Å². The van der Waals surface area contributed by atoms with Gasteiger partial charge in [-0.25, -0.2) is 9.97 Å². The minimum atomic E-state index is -0.730. The number of benzene rings is 1. The van der Waals surface area contributed by atoms with Crippen molar-refractivity contribution in [2.45, 2.75) is 32.2 Å². The fourth-order valence-corrected chi connectivity index (χ4v) is 3.73. The van der Waals surface area contributed by atoms with Crippen LogP contribution in [0.25, 0.3) is 34.3 Å². The van der Waals surface area contributed by atoms with Crippen molar-refractivity contribution >= 4 is 5.82 Å². The van der Waals surface area contributed by atoms with Gasteiger partial charge in [-0.1, -0.05) is 6.07 Å². The van der Waals surface area contributed by atoms with Crippen LogP contribution in [0.3, 0.4) is 0 Å². The molecule has 0 radical (unpaired) electrons. The lowest BCUT2D eigenvalue weighted by atomic mass is 9.90. The number of hydrogen-bond donors (Lipinski definition) is 2. The molecule has 0 atom stereocenters. The Morgan fingerprint density at radius 1 is 1.09 bits per heavy atom. The summed E-state index contributed by atoms with van der Waals surface area (Å²) in [4.78, 5) is 13.2. The zero-order valence-electron chi connectivity index (χ0n) is 18.3. The summed E-state index contributed by atoms with van der Waals surface area (Å²) < 4.78 is 5.94. The lowest BCUT2D eigenvalue weighted by molar-refractivity contribution is 0.581. The van der Waals surface area contributed by atoms with Gasteiger partial charge in [0.2, 0.25) is 5.89 Å². The highest BCUT2D eigenvalue weighted by atomic mass is 16.4. The van der Waals surface area contributed by atoms with E-state index >= 15 is 0 Å². The van der Waals surface area contributed by atoms with E-state index in [1.165, 1.54) is 11.1 Å². The first-order chi connectivity index (χ1) is 15.9. The Hall–Kier alpha value is -4.16. The predicted octanol–water partition coefficient (Wildman–Crippen LogP) is 3.78. The highest BCUT2D eigenvalue weighted by Crippen LogP contribution is 2.30. The topological polar surface area (TPSA) is 139 Å². The first-order valence-corrected chi connectivity index (χ1v) is 10.6.